The Morgan fingerprint density at radius 3 is 2.83 bits per heavy atom. The van der Waals surface area contributed by atoms with Gasteiger partial charge in [0.2, 0.25) is 0 Å². The standard InChI is InChI=1S/C13H18N4O/c1-10(12-6-4-5-7-13(12)18-3)14-8-11-9-15-16-17(11)2/h4-7,9-10,14H,8H2,1-3H3/t10-/m1/s1. The highest BCUT2D eigenvalue weighted by Crippen LogP contribution is 2.24. The minimum atomic E-state index is 0.205. The highest BCUT2D eigenvalue weighted by Gasteiger charge is 2.10. The normalized spacial score (nSPS) is 12.4. The lowest BCUT2D eigenvalue weighted by Crippen LogP contribution is -2.20. The van der Waals surface area contributed by atoms with E-state index in [1.54, 1.807) is 18.0 Å². The summed E-state index contributed by atoms with van der Waals surface area (Å²) in [6, 6.07) is 8.23. The first-order valence-electron chi connectivity index (χ1n) is 5.92. The SMILES string of the molecule is COc1ccccc1[C@@H](C)NCc1cnnn1C. The van der Waals surface area contributed by atoms with Gasteiger partial charge in [-0.15, -0.1) is 5.10 Å². The second kappa shape index (κ2) is 5.64. The van der Waals surface area contributed by atoms with Crippen LogP contribution >= 0.6 is 0 Å². The maximum Gasteiger partial charge on any atom is 0.123 e. The second-order valence-corrected chi connectivity index (χ2v) is 4.19. The van der Waals surface area contributed by atoms with Crippen molar-refractivity contribution in [3.05, 3.63) is 41.7 Å². The van der Waals surface area contributed by atoms with Crippen LogP contribution < -0.4 is 10.1 Å². The Morgan fingerprint density at radius 2 is 2.17 bits per heavy atom. The van der Waals surface area contributed by atoms with Crippen molar-refractivity contribution < 1.29 is 4.74 Å². The summed E-state index contributed by atoms with van der Waals surface area (Å²) in [6.07, 6.45) is 1.77. The molecule has 0 amide bonds. The van der Waals surface area contributed by atoms with Gasteiger partial charge in [-0.05, 0) is 13.0 Å². The van der Waals surface area contributed by atoms with Gasteiger partial charge in [0.15, 0.2) is 0 Å². The fraction of sp³-hybridized carbons (Fsp3) is 0.385. The van der Waals surface area contributed by atoms with Crippen LogP contribution in [0.2, 0.25) is 0 Å². The Hall–Kier alpha value is -1.88. The summed E-state index contributed by atoms with van der Waals surface area (Å²) in [7, 11) is 3.58. The molecule has 0 spiro atoms. The molecule has 2 aromatic rings. The first-order chi connectivity index (χ1) is 8.72. The number of aryl methyl sites for hydroxylation is 1. The third-order valence-corrected chi connectivity index (χ3v) is 3.00. The van der Waals surface area contributed by atoms with E-state index in [-0.39, 0.29) is 6.04 Å². The number of nitrogens with one attached hydrogen (secondary N) is 1. The smallest absolute Gasteiger partial charge is 0.123 e. The van der Waals surface area contributed by atoms with Crippen molar-refractivity contribution in [1.29, 1.82) is 0 Å². The molecule has 0 unspecified atom stereocenters. The molecule has 2 rings (SSSR count). The van der Waals surface area contributed by atoms with Crippen molar-refractivity contribution in [3.8, 4) is 5.75 Å². The van der Waals surface area contributed by atoms with Gasteiger partial charge in [-0.1, -0.05) is 23.4 Å². The molecule has 0 bridgehead atoms. The number of ether oxygens (including phenoxy) is 1. The Bertz CT molecular complexity index is 509. The number of nitrogens with zero attached hydrogens (tertiary/aromatic N) is 3. The minimum Gasteiger partial charge on any atom is -0.496 e. The molecule has 5 heteroatoms. The number of para-hydroxylation sites is 1. The highest BCUT2D eigenvalue weighted by atomic mass is 16.5. The van der Waals surface area contributed by atoms with E-state index in [1.807, 2.05) is 25.2 Å². The zero-order chi connectivity index (χ0) is 13.0. The van der Waals surface area contributed by atoms with E-state index in [0.717, 1.165) is 23.6 Å². The van der Waals surface area contributed by atoms with Crippen molar-refractivity contribution in [3.63, 3.8) is 0 Å². The Balaban J connectivity index is 2.03. The maximum absolute atomic E-state index is 5.36. The predicted molar refractivity (Wildman–Crippen MR) is 69.3 cm³/mol. The fourth-order valence-electron chi connectivity index (χ4n) is 1.86. The molecular formula is C13H18N4O. The van der Waals surface area contributed by atoms with Crippen molar-refractivity contribution in [2.75, 3.05) is 7.11 Å². The molecule has 5 nitrogen and oxygen atoms in total. The molecule has 1 heterocycles. The van der Waals surface area contributed by atoms with Gasteiger partial charge in [-0.25, -0.2) is 0 Å². The van der Waals surface area contributed by atoms with Crippen LogP contribution in [0.5, 0.6) is 5.75 Å². The average molecular weight is 246 g/mol. The molecule has 0 aliphatic rings. The third-order valence-electron chi connectivity index (χ3n) is 3.00. The van der Waals surface area contributed by atoms with Gasteiger partial charge in [0.25, 0.3) is 0 Å². The van der Waals surface area contributed by atoms with Crippen LogP contribution in [0.3, 0.4) is 0 Å². The van der Waals surface area contributed by atoms with Crippen LogP contribution in [-0.2, 0) is 13.6 Å². The molecule has 0 radical (unpaired) electrons. The summed E-state index contributed by atoms with van der Waals surface area (Å²) in [5.74, 6) is 0.903. The Morgan fingerprint density at radius 1 is 1.39 bits per heavy atom. The second-order valence-electron chi connectivity index (χ2n) is 4.19. The number of hydrogen-bond acceptors (Lipinski definition) is 4. The quantitative estimate of drug-likeness (QED) is 0.872. The molecule has 18 heavy (non-hydrogen) atoms. The van der Waals surface area contributed by atoms with E-state index in [4.69, 9.17) is 4.74 Å². The molecule has 1 aromatic carbocycles. The van der Waals surface area contributed by atoms with E-state index < -0.39 is 0 Å². The van der Waals surface area contributed by atoms with Crippen molar-refractivity contribution >= 4 is 0 Å². The maximum atomic E-state index is 5.36. The van der Waals surface area contributed by atoms with E-state index in [1.165, 1.54) is 0 Å². The summed E-state index contributed by atoms with van der Waals surface area (Å²) in [6.45, 7) is 2.84. The zero-order valence-electron chi connectivity index (χ0n) is 10.9. The number of hydrogen-bond donors (Lipinski definition) is 1. The summed E-state index contributed by atoms with van der Waals surface area (Å²) in [5, 5.41) is 11.2. The van der Waals surface area contributed by atoms with E-state index in [0.29, 0.717) is 0 Å². The largest absolute Gasteiger partial charge is 0.496 e. The van der Waals surface area contributed by atoms with Gasteiger partial charge >= 0.3 is 0 Å². The lowest BCUT2D eigenvalue weighted by atomic mass is 10.1. The van der Waals surface area contributed by atoms with Crippen molar-refractivity contribution in [2.24, 2.45) is 7.05 Å². The topological polar surface area (TPSA) is 52.0 Å². The van der Waals surface area contributed by atoms with Crippen molar-refractivity contribution in [1.82, 2.24) is 20.3 Å². The van der Waals surface area contributed by atoms with Gasteiger partial charge in [0.05, 0.1) is 19.0 Å². The van der Waals surface area contributed by atoms with Crippen LogP contribution in [0.25, 0.3) is 0 Å². The van der Waals surface area contributed by atoms with Gasteiger partial charge < -0.3 is 10.1 Å². The van der Waals surface area contributed by atoms with Gasteiger partial charge in [-0.3, -0.25) is 4.68 Å². The molecule has 0 saturated heterocycles. The van der Waals surface area contributed by atoms with E-state index >= 15 is 0 Å². The number of benzene rings is 1. The van der Waals surface area contributed by atoms with Crippen LogP contribution in [0.1, 0.15) is 24.2 Å². The van der Waals surface area contributed by atoms with Gasteiger partial charge in [0, 0.05) is 25.2 Å². The van der Waals surface area contributed by atoms with Crippen LogP contribution in [0, 0.1) is 0 Å². The summed E-state index contributed by atoms with van der Waals surface area (Å²) in [5.41, 5.74) is 2.20. The Labute approximate surface area is 107 Å². The molecule has 96 valence electrons. The molecule has 1 atom stereocenters. The summed E-state index contributed by atoms with van der Waals surface area (Å²) >= 11 is 0. The minimum absolute atomic E-state index is 0.205. The number of methoxy groups -OCH3 is 1. The molecule has 0 aliphatic carbocycles. The summed E-state index contributed by atoms with van der Waals surface area (Å²) in [4.78, 5) is 0. The third kappa shape index (κ3) is 2.68. The van der Waals surface area contributed by atoms with Crippen LogP contribution in [0.4, 0.5) is 0 Å². The average Bonchev–Trinajstić information content (AvgIpc) is 2.81. The van der Waals surface area contributed by atoms with E-state index in [9.17, 15) is 0 Å². The summed E-state index contributed by atoms with van der Waals surface area (Å²) < 4.78 is 7.12. The number of aromatic nitrogens is 3. The lowest BCUT2D eigenvalue weighted by Gasteiger charge is -2.17. The fourth-order valence-corrected chi connectivity index (χ4v) is 1.86. The molecule has 1 N–H and O–H groups in total. The van der Waals surface area contributed by atoms with Crippen LogP contribution in [0.15, 0.2) is 30.5 Å². The first kappa shape index (κ1) is 12.6. The predicted octanol–water partition coefficient (Wildman–Crippen LogP) is 1.67. The first-order valence-corrected chi connectivity index (χ1v) is 5.92. The van der Waals surface area contributed by atoms with Crippen LogP contribution in [-0.4, -0.2) is 22.1 Å². The van der Waals surface area contributed by atoms with Crippen molar-refractivity contribution in [2.45, 2.75) is 19.5 Å². The zero-order valence-corrected chi connectivity index (χ0v) is 10.9. The molecule has 1 aromatic heterocycles. The van der Waals surface area contributed by atoms with Gasteiger partial charge in [0.1, 0.15) is 5.75 Å². The molecule has 0 saturated carbocycles. The molecule has 0 fully saturated rings. The molecule has 0 aliphatic heterocycles. The van der Waals surface area contributed by atoms with E-state index in [2.05, 4.69) is 28.6 Å². The highest BCUT2D eigenvalue weighted by molar-refractivity contribution is 5.35. The number of rotatable bonds is 5. The monoisotopic (exact) mass is 246 g/mol. The Kier molecular flexibility index (Phi) is 3.94. The van der Waals surface area contributed by atoms with Gasteiger partial charge in [-0.2, -0.15) is 0 Å². The molecular weight excluding hydrogens is 228 g/mol. The lowest BCUT2D eigenvalue weighted by molar-refractivity contribution is 0.401.